The molecule has 0 bridgehead atoms. The molecule has 3 N–H and O–H groups in total. The lowest BCUT2D eigenvalue weighted by atomic mass is 9.68. The summed E-state index contributed by atoms with van der Waals surface area (Å²) >= 11 is 0. The predicted molar refractivity (Wildman–Crippen MR) is 132 cm³/mol. The van der Waals surface area contributed by atoms with E-state index in [2.05, 4.69) is 27.5 Å². The van der Waals surface area contributed by atoms with E-state index in [4.69, 9.17) is 4.74 Å². The first-order chi connectivity index (χ1) is 16.4. The van der Waals surface area contributed by atoms with Gasteiger partial charge in [0.25, 0.3) is 16.1 Å². The molecule has 2 aromatic rings. The molecule has 1 amide bonds. The lowest BCUT2D eigenvalue weighted by molar-refractivity contribution is 0.0932. The zero-order valence-electron chi connectivity index (χ0n) is 19.6. The Hall–Kier alpha value is -2.46. The zero-order valence-corrected chi connectivity index (χ0v) is 20.4. The molecule has 8 nitrogen and oxygen atoms in total. The van der Waals surface area contributed by atoms with Crippen LogP contribution in [0.25, 0.3) is 0 Å². The third-order valence-electron chi connectivity index (χ3n) is 7.00. The van der Waals surface area contributed by atoms with Crippen LogP contribution in [-0.4, -0.2) is 64.5 Å². The van der Waals surface area contributed by atoms with Gasteiger partial charge in [0.2, 0.25) is 0 Å². The Kier molecular flexibility index (Phi) is 7.88. The van der Waals surface area contributed by atoms with E-state index in [0.29, 0.717) is 56.9 Å². The minimum atomic E-state index is -3.49. The van der Waals surface area contributed by atoms with E-state index < -0.39 is 10.2 Å². The summed E-state index contributed by atoms with van der Waals surface area (Å²) in [5.41, 5.74) is 1.42. The Bertz CT molecular complexity index is 1060. The highest BCUT2D eigenvalue weighted by molar-refractivity contribution is 7.87. The lowest BCUT2D eigenvalue weighted by Crippen LogP contribution is -2.54. The number of hydrogen-bond acceptors (Lipinski definition) is 5. The minimum Gasteiger partial charge on any atom is -0.496 e. The molecule has 1 saturated carbocycles. The molecule has 0 radical (unpaired) electrons. The van der Waals surface area contributed by atoms with Crippen LogP contribution in [0.3, 0.4) is 0 Å². The van der Waals surface area contributed by atoms with Gasteiger partial charge in [-0.05, 0) is 43.4 Å². The van der Waals surface area contributed by atoms with E-state index >= 15 is 0 Å². The summed E-state index contributed by atoms with van der Waals surface area (Å²) < 4.78 is 35.5. The molecule has 0 aromatic heterocycles. The highest BCUT2D eigenvalue weighted by Gasteiger charge is 2.39. The first-order valence-corrected chi connectivity index (χ1v) is 13.3. The second-order valence-corrected chi connectivity index (χ2v) is 10.8. The second kappa shape index (κ2) is 10.9. The Morgan fingerprint density at radius 3 is 2.38 bits per heavy atom. The van der Waals surface area contributed by atoms with Gasteiger partial charge in [-0.15, -0.1) is 0 Å². The molecule has 2 aromatic carbocycles. The fraction of sp³-hybridized carbons (Fsp3) is 0.480. The van der Waals surface area contributed by atoms with E-state index in [1.54, 1.807) is 19.2 Å². The van der Waals surface area contributed by atoms with Crippen molar-refractivity contribution in [3.63, 3.8) is 0 Å². The highest BCUT2D eigenvalue weighted by atomic mass is 32.2. The molecule has 1 aliphatic heterocycles. The van der Waals surface area contributed by atoms with Crippen molar-refractivity contribution in [2.75, 3.05) is 39.8 Å². The standard InChI is InChI=1S/C25H34N4O4S/c1-33-23-10-6-5-9-22(23)24(30)27-19-25(20-7-3-2-4-8-20)13-11-21(12-14-25)28-34(31,32)29-17-15-26-16-18-29/h2-10,21,26,28H,11-19H2,1H3,(H,27,30)/t21-,25-. The van der Waals surface area contributed by atoms with Crippen LogP contribution in [0.5, 0.6) is 5.75 Å². The molecular weight excluding hydrogens is 452 g/mol. The topological polar surface area (TPSA) is 99.8 Å². The number of hydrogen-bond donors (Lipinski definition) is 3. The van der Waals surface area contributed by atoms with Gasteiger partial charge in [-0.3, -0.25) is 4.79 Å². The quantitative estimate of drug-likeness (QED) is 0.530. The van der Waals surface area contributed by atoms with E-state index in [9.17, 15) is 13.2 Å². The fourth-order valence-corrected chi connectivity index (χ4v) is 6.46. The van der Waals surface area contributed by atoms with Gasteiger partial charge in [-0.25, -0.2) is 0 Å². The maximum atomic E-state index is 13.0. The molecule has 34 heavy (non-hydrogen) atoms. The fourth-order valence-electron chi connectivity index (χ4n) is 4.99. The SMILES string of the molecule is COc1ccccc1C(=O)NC[C@]1(c2ccccc2)CC[C@H](NS(=O)(=O)N2CCNCC2)CC1. The molecule has 1 saturated heterocycles. The summed E-state index contributed by atoms with van der Waals surface area (Å²) in [6.45, 7) is 2.81. The maximum Gasteiger partial charge on any atom is 0.279 e. The first kappa shape index (κ1) is 24.7. The Labute approximate surface area is 202 Å². The van der Waals surface area contributed by atoms with Crippen molar-refractivity contribution in [3.8, 4) is 5.75 Å². The van der Waals surface area contributed by atoms with E-state index in [1.165, 1.54) is 9.87 Å². The van der Waals surface area contributed by atoms with E-state index in [1.807, 2.05) is 30.3 Å². The number of methoxy groups -OCH3 is 1. The van der Waals surface area contributed by atoms with Gasteiger partial charge < -0.3 is 15.4 Å². The number of amides is 1. The summed E-state index contributed by atoms with van der Waals surface area (Å²) in [7, 11) is -1.94. The second-order valence-electron chi connectivity index (χ2n) is 9.08. The van der Waals surface area contributed by atoms with Crippen molar-refractivity contribution >= 4 is 16.1 Å². The monoisotopic (exact) mass is 486 g/mol. The zero-order chi connectivity index (χ0) is 24.0. The third kappa shape index (κ3) is 5.60. The van der Waals surface area contributed by atoms with Gasteiger partial charge in [0.1, 0.15) is 5.75 Å². The molecule has 2 aliphatic rings. The summed E-state index contributed by atoms with van der Waals surface area (Å²) in [6, 6.07) is 17.3. The van der Waals surface area contributed by atoms with Crippen molar-refractivity contribution in [1.29, 1.82) is 0 Å². The largest absolute Gasteiger partial charge is 0.496 e. The molecule has 2 fully saturated rings. The molecule has 4 rings (SSSR count). The highest BCUT2D eigenvalue weighted by Crippen LogP contribution is 2.39. The van der Waals surface area contributed by atoms with E-state index in [0.717, 1.165) is 12.8 Å². The normalized spacial score (nSPS) is 23.9. The van der Waals surface area contributed by atoms with Crippen LogP contribution < -0.4 is 20.1 Å². The van der Waals surface area contributed by atoms with Gasteiger partial charge in [0.05, 0.1) is 12.7 Å². The van der Waals surface area contributed by atoms with Gasteiger partial charge in [-0.1, -0.05) is 42.5 Å². The van der Waals surface area contributed by atoms with Crippen molar-refractivity contribution in [1.82, 2.24) is 19.7 Å². The Morgan fingerprint density at radius 2 is 1.71 bits per heavy atom. The number of piperazine rings is 1. The smallest absolute Gasteiger partial charge is 0.279 e. The molecule has 1 heterocycles. The van der Waals surface area contributed by atoms with Crippen LogP contribution in [0.2, 0.25) is 0 Å². The van der Waals surface area contributed by atoms with Crippen LogP contribution in [0.15, 0.2) is 54.6 Å². The number of carbonyl (C=O) groups is 1. The molecule has 0 atom stereocenters. The summed E-state index contributed by atoms with van der Waals surface area (Å²) in [6.07, 6.45) is 2.98. The number of nitrogens with one attached hydrogen (secondary N) is 3. The first-order valence-electron chi connectivity index (χ1n) is 11.9. The van der Waals surface area contributed by atoms with Gasteiger partial charge in [0, 0.05) is 44.2 Å². The molecule has 184 valence electrons. The number of benzene rings is 2. The molecule has 0 spiro atoms. The van der Waals surface area contributed by atoms with Crippen molar-refractivity contribution in [2.45, 2.75) is 37.1 Å². The number of nitrogens with zero attached hydrogens (tertiary/aromatic N) is 1. The van der Waals surface area contributed by atoms with Crippen LogP contribution >= 0.6 is 0 Å². The Morgan fingerprint density at radius 1 is 1.06 bits per heavy atom. The Balaban J connectivity index is 1.45. The van der Waals surface area contributed by atoms with Crippen LogP contribution in [0.4, 0.5) is 0 Å². The minimum absolute atomic E-state index is 0.110. The number of rotatable bonds is 8. The molecular formula is C25H34N4O4S. The molecule has 1 aliphatic carbocycles. The van der Waals surface area contributed by atoms with Crippen LogP contribution in [-0.2, 0) is 15.6 Å². The van der Waals surface area contributed by atoms with Crippen molar-refractivity contribution in [3.05, 3.63) is 65.7 Å². The van der Waals surface area contributed by atoms with Gasteiger partial charge >= 0.3 is 0 Å². The van der Waals surface area contributed by atoms with Crippen LogP contribution in [0, 0.1) is 0 Å². The average molecular weight is 487 g/mol. The number of ether oxygens (including phenoxy) is 1. The molecule has 9 heteroatoms. The third-order valence-corrected chi connectivity index (χ3v) is 8.68. The average Bonchev–Trinajstić information content (AvgIpc) is 2.89. The maximum absolute atomic E-state index is 13.0. The number of para-hydroxylation sites is 1. The van der Waals surface area contributed by atoms with Crippen molar-refractivity contribution in [2.24, 2.45) is 0 Å². The summed E-state index contributed by atoms with van der Waals surface area (Å²) in [5.74, 6) is 0.370. The summed E-state index contributed by atoms with van der Waals surface area (Å²) in [5, 5.41) is 6.31. The molecule has 0 unspecified atom stereocenters. The predicted octanol–water partition coefficient (Wildman–Crippen LogP) is 2.05. The lowest BCUT2D eigenvalue weighted by Gasteiger charge is -2.41. The number of carbonyl (C=O) groups excluding carboxylic acids is 1. The van der Waals surface area contributed by atoms with Crippen molar-refractivity contribution < 1.29 is 17.9 Å². The van der Waals surface area contributed by atoms with Gasteiger partial charge in [-0.2, -0.15) is 17.4 Å². The van der Waals surface area contributed by atoms with E-state index in [-0.39, 0.29) is 17.4 Å². The summed E-state index contributed by atoms with van der Waals surface area (Å²) in [4.78, 5) is 13.0. The van der Waals surface area contributed by atoms with Gasteiger partial charge in [0.15, 0.2) is 0 Å². The van der Waals surface area contributed by atoms with Crippen LogP contribution in [0.1, 0.15) is 41.6 Å².